The zero-order chi connectivity index (χ0) is 14.3. The molecule has 5 nitrogen and oxygen atoms in total. The second kappa shape index (κ2) is 6.97. The van der Waals surface area contributed by atoms with Gasteiger partial charge in [0.25, 0.3) is 0 Å². The van der Waals surface area contributed by atoms with Gasteiger partial charge < -0.3 is 10.5 Å². The third-order valence-electron chi connectivity index (χ3n) is 2.34. The Morgan fingerprint density at radius 3 is 2.47 bits per heavy atom. The van der Waals surface area contributed by atoms with Crippen molar-refractivity contribution < 1.29 is 14.3 Å². The number of nitrogens with two attached hydrogens (primary N) is 1. The predicted octanol–water partition coefficient (Wildman–Crippen LogP) is 1.10. The average Bonchev–Trinajstić information content (AvgIpc) is 2.38. The predicted molar refractivity (Wildman–Crippen MR) is 68.6 cm³/mol. The Labute approximate surface area is 111 Å². The first-order chi connectivity index (χ1) is 9.04. The van der Waals surface area contributed by atoms with Crippen molar-refractivity contribution in [3.05, 3.63) is 47.2 Å². The molecule has 0 saturated carbocycles. The molecule has 0 atom stereocenters. The van der Waals surface area contributed by atoms with E-state index < -0.39 is 18.4 Å². The number of nitriles is 1. The number of Topliss-reactive ketones (excluding diaryl/α,β-unsaturated/α-hetero) is 1. The number of hydrogen-bond donors (Lipinski definition) is 1. The molecule has 0 heterocycles. The maximum absolute atomic E-state index is 11.5. The van der Waals surface area contributed by atoms with Gasteiger partial charge in [-0.15, -0.1) is 0 Å². The van der Waals surface area contributed by atoms with E-state index >= 15 is 0 Å². The Bertz CT molecular complexity index is 538. The number of ketones is 1. The normalized spacial score (nSPS) is 11.2. The van der Waals surface area contributed by atoms with Crippen molar-refractivity contribution >= 4 is 11.8 Å². The summed E-state index contributed by atoms with van der Waals surface area (Å²) in [6, 6.07) is 10.7. The maximum atomic E-state index is 11.5. The Balaban J connectivity index is 2.50. The van der Waals surface area contributed by atoms with Gasteiger partial charge in [-0.3, -0.25) is 9.59 Å². The topological polar surface area (TPSA) is 93.2 Å². The number of ether oxygens (including phenoxy) is 1. The van der Waals surface area contributed by atoms with Crippen LogP contribution in [-0.4, -0.2) is 18.4 Å². The first-order valence-electron chi connectivity index (χ1n) is 5.63. The summed E-state index contributed by atoms with van der Waals surface area (Å²) < 4.78 is 4.81. The van der Waals surface area contributed by atoms with Crippen molar-refractivity contribution in [2.24, 2.45) is 5.73 Å². The number of nitrogens with zero attached hydrogens (tertiary/aromatic N) is 1. The van der Waals surface area contributed by atoms with E-state index in [2.05, 4.69) is 0 Å². The minimum atomic E-state index is -0.594. The van der Waals surface area contributed by atoms with E-state index in [1.54, 1.807) is 18.2 Å². The van der Waals surface area contributed by atoms with Crippen LogP contribution in [0.1, 0.15) is 12.5 Å². The number of esters is 1. The minimum absolute atomic E-state index is 0.0847. The molecule has 1 aromatic carbocycles. The summed E-state index contributed by atoms with van der Waals surface area (Å²) >= 11 is 0. The molecule has 1 aromatic rings. The van der Waals surface area contributed by atoms with E-state index in [0.29, 0.717) is 0 Å². The lowest BCUT2D eigenvalue weighted by molar-refractivity contribution is -0.146. The fourth-order valence-corrected chi connectivity index (χ4v) is 1.40. The smallest absolute Gasteiger partial charge is 0.310 e. The van der Waals surface area contributed by atoms with Crippen LogP contribution >= 0.6 is 0 Å². The molecule has 2 N–H and O–H groups in total. The van der Waals surface area contributed by atoms with Gasteiger partial charge in [0.15, 0.2) is 6.61 Å². The number of hydrogen-bond acceptors (Lipinski definition) is 5. The minimum Gasteiger partial charge on any atom is -0.457 e. The molecular weight excluding hydrogens is 244 g/mol. The van der Waals surface area contributed by atoms with Gasteiger partial charge in [0.1, 0.15) is 11.6 Å². The van der Waals surface area contributed by atoms with Crippen molar-refractivity contribution in [3.8, 4) is 6.07 Å². The molecule has 0 spiro atoms. The van der Waals surface area contributed by atoms with Crippen molar-refractivity contribution in [2.45, 2.75) is 13.3 Å². The second-order valence-electron chi connectivity index (χ2n) is 3.92. The average molecular weight is 258 g/mol. The van der Waals surface area contributed by atoms with Gasteiger partial charge in [-0.05, 0) is 12.5 Å². The van der Waals surface area contributed by atoms with Crippen LogP contribution in [-0.2, 0) is 20.7 Å². The summed E-state index contributed by atoms with van der Waals surface area (Å²) in [6.07, 6.45) is 0.0847. The van der Waals surface area contributed by atoms with Crippen molar-refractivity contribution in [2.75, 3.05) is 6.61 Å². The van der Waals surface area contributed by atoms with Crippen LogP contribution in [0.5, 0.6) is 0 Å². The van der Waals surface area contributed by atoms with Crippen LogP contribution in [0.2, 0.25) is 0 Å². The van der Waals surface area contributed by atoms with Gasteiger partial charge in [0.2, 0.25) is 5.78 Å². The fourth-order valence-electron chi connectivity index (χ4n) is 1.40. The zero-order valence-corrected chi connectivity index (χ0v) is 10.6. The third kappa shape index (κ3) is 4.64. The first-order valence-corrected chi connectivity index (χ1v) is 5.63. The molecule has 0 aromatic heterocycles. The number of allylic oxidation sites excluding steroid dienone is 1. The summed E-state index contributed by atoms with van der Waals surface area (Å²) in [5.41, 5.74) is 6.11. The van der Waals surface area contributed by atoms with E-state index in [0.717, 1.165) is 5.56 Å². The number of benzene rings is 1. The summed E-state index contributed by atoms with van der Waals surface area (Å²) in [7, 11) is 0. The molecule has 0 saturated heterocycles. The van der Waals surface area contributed by atoms with E-state index in [1.807, 2.05) is 18.2 Å². The van der Waals surface area contributed by atoms with E-state index in [9.17, 15) is 9.59 Å². The van der Waals surface area contributed by atoms with Crippen molar-refractivity contribution in [1.29, 1.82) is 5.26 Å². The highest BCUT2D eigenvalue weighted by Gasteiger charge is 2.14. The van der Waals surface area contributed by atoms with Gasteiger partial charge in [-0.2, -0.15) is 5.26 Å². The van der Waals surface area contributed by atoms with Crippen LogP contribution < -0.4 is 5.73 Å². The number of rotatable bonds is 5. The zero-order valence-electron chi connectivity index (χ0n) is 10.6. The molecule has 0 unspecified atom stereocenters. The highest BCUT2D eigenvalue weighted by Crippen LogP contribution is 2.03. The molecule has 0 aliphatic rings. The van der Waals surface area contributed by atoms with Gasteiger partial charge in [0.05, 0.1) is 6.42 Å². The Morgan fingerprint density at radius 2 is 1.95 bits per heavy atom. The lowest BCUT2D eigenvalue weighted by Crippen LogP contribution is -2.18. The molecule has 5 heteroatoms. The Morgan fingerprint density at radius 1 is 1.32 bits per heavy atom. The third-order valence-corrected chi connectivity index (χ3v) is 2.34. The largest absolute Gasteiger partial charge is 0.457 e. The van der Waals surface area contributed by atoms with Gasteiger partial charge in [-0.1, -0.05) is 30.3 Å². The Hall–Kier alpha value is -2.61. The quantitative estimate of drug-likeness (QED) is 0.485. The highest BCUT2D eigenvalue weighted by atomic mass is 16.5. The molecule has 0 amide bonds. The first kappa shape index (κ1) is 14.5. The molecule has 0 fully saturated rings. The van der Waals surface area contributed by atoms with Crippen LogP contribution in [0.4, 0.5) is 0 Å². The highest BCUT2D eigenvalue weighted by molar-refractivity contribution is 6.01. The van der Waals surface area contributed by atoms with Crippen LogP contribution in [0.3, 0.4) is 0 Å². The van der Waals surface area contributed by atoms with Gasteiger partial charge in [0, 0.05) is 5.70 Å². The van der Waals surface area contributed by atoms with Crippen molar-refractivity contribution in [3.63, 3.8) is 0 Å². The molecule has 19 heavy (non-hydrogen) atoms. The molecule has 1 rings (SSSR count). The van der Waals surface area contributed by atoms with Gasteiger partial charge >= 0.3 is 5.97 Å². The lowest BCUT2D eigenvalue weighted by atomic mass is 10.1. The standard InChI is InChI=1S/C14H14N2O3/c1-10(16)12(8-15)13(17)9-19-14(18)7-11-5-3-2-4-6-11/h2-6H,7,9,16H2,1H3/b12-10+. The second-order valence-corrected chi connectivity index (χ2v) is 3.92. The lowest BCUT2D eigenvalue weighted by Gasteiger charge is -2.04. The molecule has 0 aliphatic heterocycles. The monoisotopic (exact) mass is 258 g/mol. The molecule has 98 valence electrons. The summed E-state index contributed by atoms with van der Waals surface area (Å²) in [4.78, 5) is 23.0. The summed E-state index contributed by atoms with van der Waals surface area (Å²) in [5.74, 6) is -1.12. The number of carbonyl (C=O) groups is 2. The van der Waals surface area contributed by atoms with E-state index in [4.69, 9.17) is 15.7 Å². The van der Waals surface area contributed by atoms with Crippen molar-refractivity contribution in [1.82, 2.24) is 0 Å². The molecule has 0 bridgehead atoms. The molecule has 0 radical (unpaired) electrons. The van der Waals surface area contributed by atoms with Gasteiger partial charge in [-0.25, -0.2) is 0 Å². The summed E-state index contributed by atoms with van der Waals surface area (Å²) in [6.45, 7) is 0.978. The van der Waals surface area contributed by atoms with E-state index in [-0.39, 0.29) is 17.7 Å². The Kier molecular flexibility index (Phi) is 5.30. The molecule has 0 aliphatic carbocycles. The van der Waals surface area contributed by atoms with E-state index in [1.165, 1.54) is 6.92 Å². The SMILES string of the molecule is C/C(N)=C(/C#N)C(=O)COC(=O)Cc1ccccc1. The fraction of sp³-hybridized carbons (Fsp3) is 0.214. The number of carbonyl (C=O) groups excluding carboxylic acids is 2. The summed E-state index contributed by atoms with van der Waals surface area (Å²) in [5, 5.41) is 8.72. The van der Waals surface area contributed by atoms with Crippen LogP contribution in [0, 0.1) is 11.3 Å². The van der Waals surface area contributed by atoms with Crippen LogP contribution in [0.25, 0.3) is 0 Å². The maximum Gasteiger partial charge on any atom is 0.310 e. The molecular formula is C14H14N2O3. The van der Waals surface area contributed by atoms with Crippen LogP contribution in [0.15, 0.2) is 41.6 Å².